The molecule has 0 unspecified atom stereocenters. The molecule has 1 fully saturated rings. The molecule has 16 heavy (non-hydrogen) atoms. The molecule has 0 saturated heterocycles. The van der Waals surface area contributed by atoms with E-state index in [1.807, 2.05) is 18.2 Å². The number of aliphatic hydroxyl groups is 1. The zero-order valence-electron chi connectivity index (χ0n) is 9.10. The Labute approximate surface area is 94.7 Å². The normalized spacial score (nSPS) is 29.9. The van der Waals surface area contributed by atoms with Crippen LogP contribution in [0.3, 0.4) is 0 Å². The van der Waals surface area contributed by atoms with Crippen LogP contribution in [0.25, 0.3) is 0 Å². The molecule has 0 aromatic heterocycles. The summed E-state index contributed by atoms with van der Waals surface area (Å²) in [5.74, 6) is -0.695. The standard InChI is InChI=1S/C13H16O3/c14-12(15)13(16)8-6-11(7-9-13)10-4-2-1-3-5-10/h1-5,11,16H,6-9H2,(H,14,15). The summed E-state index contributed by atoms with van der Waals surface area (Å²) < 4.78 is 0. The van der Waals surface area contributed by atoms with Crippen molar-refractivity contribution in [3.63, 3.8) is 0 Å². The fourth-order valence-electron chi connectivity index (χ4n) is 2.37. The fourth-order valence-corrected chi connectivity index (χ4v) is 2.37. The first-order valence-electron chi connectivity index (χ1n) is 5.62. The molecule has 2 rings (SSSR count). The van der Waals surface area contributed by atoms with Gasteiger partial charge in [0.15, 0.2) is 5.60 Å². The van der Waals surface area contributed by atoms with E-state index in [4.69, 9.17) is 5.11 Å². The van der Waals surface area contributed by atoms with E-state index in [0.29, 0.717) is 18.8 Å². The van der Waals surface area contributed by atoms with Gasteiger partial charge in [0.25, 0.3) is 0 Å². The third-order valence-corrected chi connectivity index (χ3v) is 3.48. The number of benzene rings is 1. The number of carboxylic acids is 1. The van der Waals surface area contributed by atoms with Gasteiger partial charge in [0.1, 0.15) is 0 Å². The molecule has 1 aliphatic carbocycles. The number of carboxylic acid groups (broad SMARTS) is 1. The van der Waals surface area contributed by atoms with Crippen molar-refractivity contribution in [1.29, 1.82) is 0 Å². The van der Waals surface area contributed by atoms with Gasteiger partial charge >= 0.3 is 5.97 Å². The van der Waals surface area contributed by atoms with E-state index in [1.165, 1.54) is 5.56 Å². The molecular formula is C13H16O3. The van der Waals surface area contributed by atoms with Crippen LogP contribution in [0.4, 0.5) is 0 Å². The molecule has 0 radical (unpaired) electrons. The summed E-state index contributed by atoms with van der Waals surface area (Å²) in [5, 5.41) is 18.7. The minimum Gasteiger partial charge on any atom is -0.479 e. The molecule has 2 N–H and O–H groups in total. The first-order chi connectivity index (χ1) is 7.62. The van der Waals surface area contributed by atoms with E-state index in [-0.39, 0.29) is 0 Å². The molecule has 3 heteroatoms. The van der Waals surface area contributed by atoms with Crippen LogP contribution >= 0.6 is 0 Å². The van der Waals surface area contributed by atoms with E-state index in [0.717, 1.165) is 12.8 Å². The molecule has 0 spiro atoms. The number of rotatable bonds is 2. The van der Waals surface area contributed by atoms with E-state index < -0.39 is 11.6 Å². The Balaban J connectivity index is 2.03. The lowest BCUT2D eigenvalue weighted by Gasteiger charge is -2.32. The Bertz CT molecular complexity index is 364. The molecule has 0 heterocycles. The van der Waals surface area contributed by atoms with Gasteiger partial charge in [-0.25, -0.2) is 4.79 Å². The van der Waals surface area contributed by atoms with Gasteiger partial charge in [-0.05, 0) is 37.2 Å². The van der Waals surface area contributed by atoms with Crippen molar-refractivity contribution >= 4 is 5.97 Å². The van der Waals surface area contributed by atoms with Crippen molar-refractivity contribution in [3.05, 3.63) is 35.9 Å². The highest BCUT2D eigenvalue weighted by Crippen LogP contribution is 2.37. The first-order valence-corrected chi connectivity index (χ1v) is 5.62. The largest absolute Gasteiger partial charge is 0.479 e. The third kappa shape index (κ3) is 2.09. The highest BCUT2D eigenvalue weighted by molar-refractivity contribution is 5.77. The maximum absolute atomic E-state index is 10.9. The summed E-state index contributed by atoms with van der Waals surface area (Å²) in [4.78, 5) is 10.9. The maximum Gasteiger partial charge on any atom is 0.335 e. The lowest BCUT2D eigenvalue weighted by molar-refractivity contribution is -0.162. The number of hydrogen-bond acceptors (Lipinski definition) is 2. The number of hydrogen-bond donors (Lipinski definition) is 2. The van der Waals surface area contributed by atoms with Gasteiger partial charge in [0.05, 0.1) is 0 Å². The Morgan fingerprint density at radius 3 is 2.25 bits per heavy atom. The van der Waals surface area contributed by atoms with Gasteiger partial charge in [0, 0.05) is 0 Å². The zero-order chi connectivity index (χ0) is 11.6. The van der Waals surface area contributed by atoms with Crippen LogP contribution in [0.5, 0.6) is 0 Å². The number of carbonyl (C=O) groups is 1. The predicted octanol–water partition coefficient (Wildman–Crippen LogP) is 2.16. The molecule has 1 aliphatic rings. The molecule has 1 saturated carbocycles. The molecule has 0 bridgehead atoms. The van der Waals surface area contributed by atoms with Crippen molar-refractivity contribution in [2.45, 2.75) is 37.2 Å². The lowest BCUT2D eigenvalue weighted by Crippen LogP contribution is -2.41. The van der Waals surface area contributed by atoms with Crippen LogP contribution < -0.4 is 0 Å². The summed E-state index contributed by atoms with van der Waals surface area (Å²) in [6.45, 7) is 0. The van der Waals surface area contributed by atoms with Crippen LogP contribution in [-0.4, -0.2) is 21.8 Å². The molecule has 1 aromatic rings. The molecule has 1 aromatic carbocycles. The van der Waals surface area contributed by atoms with Crippen molar-refractivity contribution in [1.82, 2.24) is 0 Å². The molecule has 0 amide bonds. The summed E-state index contributed by atoms with van der Waals surface area (Å²) in [5.41, 5.74) is -0.249. The second-order valence-electron chi connectivity index (χ2n) is 4.52. The quantitative estimate of drug-likeness (QED) is 0.803. The lowest BCUT2D eigenvalue weighted by atomic mass is 9.76. The van der Waals surface area contributed by atoms with Crippen molar-refractivity contribution in [3.8, 4) is 0 Å². The van der Waals surface area contributed by atoms with Gasteiger partial charge < -0.3 is 10.2 Å². The van der Waals surface area contributed by atoms with Crippen LogP contribution in [-0.2, 0) is 4.79 Å². The Hall–Kier alpha value is -1.35. The Morgan fingerprint density at radius 1 is 1.19 bits per heavy atom. The van der Waals surface area contributed by atoms with Gasteiger partial charge in [0.2, 0.25) is 0 Å². The zero-order valence-corrected chi connectivity index (χ0v) is 9.10. The fraction of sp³-hybridized carbons (Fsp3) is 0.462. The maximum atomic E-state index is 10.9. The van der Waals surface area contributed by atoms with Crippen LogP contribution in [0, 0.1) is 0 Å². The second kappa shape index (κ2) is 4.26. The minimum atomic E-state index is -1.49. The van der Waals surface area contributed by atoms with Gasteiger partial charge in [-0.3, -0.25) is 0 Å². The summed E-state index contributed by atoms with van der Waals surface area (Å²) in [6.07, 6.45) is 2.18. The molecule has 86 valence electrons. The third-order valence-electron chi connectivity index (χ3n) is 3.48. The molecule has 0 atom stereocenters. The highest BCUT2D eigenvalue weighted by atomic mass is 16.4. The van der Waals surface area contributed by atoms with E-state index in [9.17, 15) is 9.90 Å². The summed E-state index contributed by atoms with van der Waals surface area (Å²) >= 11 is 0. The van der Waals surface area contributed by atoms with Crippen LogP contribution in [0.2, 0.25) is 0 Å². The summed E-state index contributed by atoms with van der Waals surface area (Å²) in [6, 6.07) is 10.1. The average molecular weight is 220 g/mol. The average Bonchev–Trinajstić information content (AvgIpc) is 2.31. The number of aliphatic carboxylic acids is 1. The van der Waals surface area contributed by atoms with Gasteiger partial charge in [-0.2, -0.15) is 0 Å². The second-order valence-corrected chi connectivity index (χ2v) is 4.52. The minimum absolute atomic E-state index is 0.349. The predicted molar refractivity (Wildman–Crippen MR) is 60.2 cm³/mol. The van der Waals surface area contributed by atoms with Crippen LogP contribution in [0.1, 0.15) is 37.2 Å². The first kappa shape index (κ1) is 11.1. The molecular weight excluding hydrogens is 204 g/mol. The smallest absolute Gasteiger partial charge is 0.335 e. The van der Waals surface area contributed by atoms with E-state index in [1.54, 1.807) is 0 Å². The monoisotopic (exact) mass is 220 g/mol. The van der Waals surface area contributed by atoms with Crippen molar-refractivity contribution in [2.24, 2.45) is 0 Å². The SMILES string of the molecule is O=C(O)C1(O)CCC(c2ccccc2)CC1. The molecule has 3 nitrogen and oxygen atoms in total. The summed E-state index contributed by atoms with van der Waals surface area (Å²) in [7, 11) is 0. The van der Waals surface area contributed by atoms with Gasteiger partial charge in [-0.15, -0.1) is 0 Å². The van der Waals surface area contributed by atoms with Crippen molar-refractivity contribution < 1.29 is 15.0 Å². The molecule has 0 aliphatic heterocycles. The topological polar surface area (TPSA) is 57.5 Å². The highest BCUT2D eigenvalue weighted by Gasteiger charge is 2.40. The van der Waals surface area contributed by atoms with Gasteiger partial charge in [-0.1, -0.05) is 30.3 Å². The Morgan fingerprint density at radius 2 is 1.75 bits per heavy atom. The van der Waals surface area contributed by atoms with Crippen LogP contribution in [0.15, 0.2) is 30.3 Å². The van der Waals surface area contributed by atoms with E-state index >= 15 is 0 Å². The Kier molecular flexibility index (Phi) is 2.97. The van der Waals surface area contributed by atoms with E-state index in [2.05, 4.69) is 12.1 Å². The van der Waals surface area contributed by atoms with Crippen molar-refractivity contribution in [2.75, 3.05) is 0 Å².